The number of ether oxygens (including phenoxy) is 2. The second-order valence-electron chi connectivity index (χ2n) is 9.03. The predicted octanol–water partition coefficient (Wildman–Crippen LogP) is 5.50. The first-order valence-corrected chi connectivity index (χ1v) is 11.8. The van der Waals surface area contributed by atoms with Crippen molar-refractivity contribution in [2.24, 2.45) is 11.8 Å². The Balaban J connectivity index is 1.44. The molecule has 6 nitrogen and oxygen atoms in total. The molecule has 1 aliphatic rings. The zero-order valence-corrected chi connectivity index (χ0v) is 19.7. The molecule has 2 aromatic carbocycles. The maximum absolute atomic E-state index is 12.5. The molecule has 0 heterocycles. The fourth-order valence-corrected chi connectivity index (χ4v) is 4.22. The topological polar surface area (TPSA) is 105 Å². The molecule has 180 valence electrons. The Morgan fingerprint density at radius 2 is 1.71 bits per heavy atom. The molecule has 1 atom stereocenters. The molecule has 3 rings (SSSR count). The van der Waals surface area contributed by atoms with Crippen LogP contribution < -0.4 is 16.2 Å². The van der Waals surface area contributed by atoms with Crippen molar-refractivity contribution in [3.05, 3.63) is 72.3 Å². The Morgan fingerprint density at radius 3 is 2.32 bits per heavy atom. The first kappa shape index (κ1) is 25.1. The van der Waals surface area contributed by atoms with E-state index < -0.39 is 5.97 Å². The second kappa shape index (κ2) is 12.1. The summed E-state index contributed by atoms with van der Waals surface area (Å²) >= 11 is 0. The molecule has 4 N–H and O–H groups in total. The first-order valence-electron chi connectivity index (χ1n) is 11.8. The molecule has 1 unspecified atom stereocenters. The van der Waals surface area contributed by atoms with Crippen LogP contribution in [-0.4, -0.2) is 18.5 Å². The van der Waals surface area contributed by atoms with Crippen LogP contribution in [0.1, 0.15) is 56.1 Å². The molecule has 34 heavy (non-hydrogen) atoms. The van der Waals surface area contributed by atoms with Crippen LogP contribution in [0.25, 0.3) is 6.08 Å². The van der Waals surface area contributed by atoms with Gasteiger partial charge < -0.3 is 20.9 Å². The van der Waals surface area contributed by atoms with Crippen molar-refractivity contribution in [3.63, 3.8) is 0 Å². The second-order valence-corrected chi connectivity index (χ2v) is 9.03. The highest BCUT2D eigenvalue weighted by atomic mass is 16.5. The summed E-state index contributed by atoms with van der Waals surface area (Å²) < 4.78 is 10.9. The Morgan fingerprint density at radius 1 is 1.06 bits per heavy atom. The molecule has 1 aliphatic carbocycles. The van der Waals surface area contributed by atoms with Crippen LogP contribution >= 0.6 is 0 Å². The fourth-order valence-electron chi connectivity index (χ4n) is 4.22. The van der Waals surface area contributed by atoms with Gasteiger partial charge in [-0.05, 0) is 85.6 Å². The molecule has 0 saturated heterocycles. The lowest BCUT2D eigenvalue weighted by Gasteiger charge is -2.26. The van der Waals surface area contributed by atoms with Crippen LogP contribution in [0.5, 0.6) is 5.75 Å². The Labute approximate surface area is 201 Å². The number of carbonyl (C=O) groups excluding carboxylic acids is 2. The number of allylic oxidation sites excluding steroid dienone is 1. The molecule has 0 aromatic heterocycles. The monoisotopic (exact) mass is 462 g/mol. The van der Waals surface area contributed by atoms with E-state index in [-0.39, 0.29) is 24.4 Å². The third-order valence-corrected chi connectivity index (χ3v) is 6.24. The highest BCUT2D eigenvalue weighted by molar-refractivity contribution is 5.87. The molecular weight excluding hydrogens is 428 g/mol. The lowest BCUT2D eigenvalue weighted by molar-refractivity contribution is -0.140. The van der Waals surface area contributed by atoms with Gasteiger partial charge in [-0.3, -0.25) is 4.79 Å². The van der Waals surface area contributed by atoms with Gasteiger partial charge in [0.05, 0.1) is 12.5 Å². The van der Waals surface area contributed by atoms with E-state index in [0.717, 1.165) is 43.2 Å². The zero-order valence-electron chi connectivity index (χ0n) is 19.7. The molecule has 0 amide bonds. The van der Waals surface area contributed by atoms with Crippen molar-refractivity contribution in [2.75, 3.05) is 18.1 Å². The summed E-state index contributed by atoms with van der Waals surface area (Å²) in [7, 11) is 0. The highest BCUT2D eigenvalue weighted by Gasteiger charge is 2.27. The van der Waals surface area contributed by atoms with Crippen molar-refractivity contribution < 1.29 is 19.1 Å². The number of anilines is 2. The minimum Gasteiger partial charge on any atom is -0.462 e. The predicted molar refractivity (Wildman–Crippen MR) is 136 cm³/mol. The van der Waals surface area contributed by atoms with Gasteiger partial charge >= 0.3 is 11.9 Å². The average molecular weight is 463 g/mol. The number of esters is 2. The number of hydrogen-bond acceptors (Lipinski definition) is 6. The van der Waals surface area contributed by atoms with E-state index in [2.05, 4.69) is 6.58 Å². The maximum atomic E-state index is 12.5. The third-order valence-electron chi connectivity index (χ3n) is 6.24. The molecule has 0 aliphatic heterocycles. The fraction of sp³-hybridized carbons (Fsp3) is 0.357. The lowest BCUT2D eigenvalue weighted by atomic mass is 9.80. The summed E-state index contributed by atoms with van der Waals surface area (Å²) in [5, 5.41) is 0. The van der Waals surface area contributed by atoms with E-state index in [4.69, 9.17) is 20.9 Å². The number of nitrogen functional groups attached to an aromatic ring is 2. The summed E-state index contributed by atoms with van der Waals surface area (Å²) in [6, 6.07) is 12.4. The van der Waals surface area contributed by atoms with E-state index in [1.807, 2.05) is 25.1 Å². The van der Waals surface area contributed by atoms with Crippen molar-refractivity contribution in [2.45, 2.75) is 44.9 Å². The molecule has 2 aromatic rings. The summed E-state index contributed by atoms with van der Waals surface area (Å²) in [4.78, 5) is 24.6. The number of nitrogens with two attached hydrogens (primary N) is 2. The van der Waals surface area contributed by atoms with E-state index in [1.165, 1.54) is 6.08 Å². The van der Waals surface area contributed by atoms with Gasteiger partial charge in [0.25, 0.3) is 0 Å². The van der Waals surface area contributed by atoms with E-state index in [1.54, 1.807) is 36.4 Å². The summed E-state index contributed by atoms with van der Waals surface area (Å²) in [6.07, 6.45) is 9.82. The quantitative estimate of drug-likeness (QED) is 0.168. The number of benzene rings is 2. The highest BCUT2D eigenvalue weighted by Crippen LogP contribution is 2.32. The summed E-state index contributed by atoms with van der Waals surface area (Å²) in [5.41, 5.74) is 14.5. The Bertz CT molecular complexity index is 1000. The molecule has 0 radical (unpaired) electrons. The summed E-state index contributed by atoms with van der Waals surface area (Å²) in [5.74, 6) is 0.466. The van der Waals surface area contributed by atoms with Gasteiger partial charge in [0.1, 0.15) is 5.75 Å². The SMILES string of the molecule is C=CCC1CCC(C(=O)Oc2ccc(/C=C/C(=O)OCC(C)c3cc(N)cc(N)c3)cc2)CC1. The molecule has 6 heteroatoms. The molecule has 1 fully saturated rings. The lowest BCUT2D eigenvalue weighted by Crippen LogP contribution is -2.25. The minimum absolute atomic E-state index is 0.0332. The van der Waals surface area contributed by atoms with E-state index >= 15 is 0 Å². The van der Waals surface area contributed by atoms with Gasteiger partial charge in [-0.25, -0.2) is 4.79 Å². The van der Waals surface area contributed by atoms with Gasteiger partial charge in [-0.1, -0.05) is 25.1 Å². The maximum Gasteiger partial charge on any atom is 0.330 e. The minimum atomic E-state index is -0.439. The molecule has 0 bridgehead atoms. The number of rotatable bonds is 9. The van der Waals surface area contributed by atoms with Crippen LogP contribution in [0.4, 0.5) is 11.4 Å². The largest absolute Gasteiger partial charge is 0.462 e. The van der Waals surface area contributed by atoms with Crippen LogP contribution in [0.3, 0.4) is 0 Å². The van der Waals surface area contributed by atoms with Crippen LogP contribution in [-0.2, 0) is 14.3 Å². The van der Waals surface area contributed by atoms with Crippen molar-refractivity contribution in [1.82, 2.24) is 0 Å². The average Bonchev–Trinajstić information content (AvgIpc) is 2.82. The molecule has 1 saturated carbocycles. The third kappa shape index (κ3) is 7.51. The van der Waals surface area contributed by atoms with Crippen molar-refractivity contribution >= 4 is 29.4 Å². The smallest absolute Gasteiger partial charge is 0.330 e. The normalized spacial score (nSPS) is 18.9. The number of carbonyl (C=O) groups is 2. The van der Waals surface area contributed by atoms with Gasteiger partial charge in [-0.15, -0.1) is 6.58 Å². The molecular formula is C28H34N2O4. The van der Waals surface area contributed by atoms with E-state index in [0.29, 0.717) is 23.0 Å². The standard InChI is InChI=1S/C28H34N2O4/c1-3-4-20-5-10-22(11-6-20)28(32)34-26-12-7-21(8-13-26)9-14-27(31)33-18-19(2)23-15-24(29)17-25(30)16-23/h3,7-9,12-17,19-20,22H,1,4-6,10-11,18,29-30H2,2H3/b14-9+. The Kier molecular flexibility index (Phi) is 8.91. The molecule has 0 spiro atoms. The Hall–Kier alpha value is -3.54. The number of hydrogen-bond donors (Lipinski definition) is 2. The van der Waals surface area contributed by atoms with Gasteiger partial charge in [0.2, 0.25) is 0 Å². The first-order chi connectivity index (χ1) is 16.3. The van der Waals surface area contributed by atoms with Crippen molar-refractivity contribution in [3.8, 4) is 5.75 Å². The van der Waals surface area contributed by atoms with Crippen LogP contribution in [0.15, 0.2) is 61.2 Å². The zero-order chi connectivity index (χ0) is 24.5. The summed E-state index contributed by atoms with van der Waals surface area (Å²) in [6.45, 7) is 5.96. The van der Waals surface area contributed by atoms with Crippen molar-refractivity contribution in [1.29, 1.82) is 0 Å². The van der Waals surface area contributed by atoms with E-state index in [9.17, 15) is 9.59 Å². The van der Waals surface area contributed by atoms with Gasteiger partial charge in [0, 0.05) is 23.4 Å². The van der Waals surface area contributed by atoms with Gasteiger partial charge in [0.15, 0.2) is 0 Å². The van der Waals surface area contributed by atoms with Crippen LogP contribution in [0, 0.1) is 11.8 Å². The van der Waals surface area contributed by atoms with Crippen LogP contribution in [0.2, 0.25) is 0 Å². The van der Waals surface area contributed by atoms with Gasteiger partial charge in [-0.2, -0.15) is 0 Å².